The molecule has 0 radical (unpaired) electrons. The molecule has 2 aromatic rings. The summed E-state index contributed by atoms with van der Waals surface area (Å²) in [5, 5.41) is 9.68. The number of aromatic nitrogens is 2. The Bertz CT molecular complexity index is 628. The molecule has 2 rings (SSSR count). The van der Waals surface area contributed by atoms with E-state index in [4.69, 9.17) is 4.74 Å². The van der Waals surface area contributed by atoms with Crippen LogP contribution in [0.5, 0.6) is 11.5 Å². The van der Waals surface area contributed by atoms with Gasteiger partial charge < -0.3 is 14.4 Å². The molecule has 0 saturated heterocycles. The minimum Gasteiger partial charge on any atom is -0.504 e. The van der Waals surface area contributed by atoms with Crippen LogP contribution in [0.25, 0.3) is 5.69 Å². The molecule has 0 saturated carbocycles. The summed E-state index contributed by atoms with van der Waals surface area (Å²) >= 11 is 0. The maximum absolute atomic E-state index is 11.0. The van der Waals surface area contributed by atoms with Crippen molar-refractivity contribution in [1.82, 2.24) is 9.55 Å². The Balaban J connectivity index is 2.56. The smallest absolute Gasteiger partial charge is 0.308 e. The zero-order valence-electron chi connectivity index (χ0n) is 9.53. The van der Waals surface area contributed by atoms with Gasteiger partial charge in [-0.05, 0) is 12.1 Å². The van der Waals surface area contributed by atoms with E-state index in [0.717, 1.165) is 0 Å². The van der Waals surface area contributed by atoms with E-state index < -0.39 is 5.97 Å². The number of ether oxygens (including phenoxy) is 1. The molecule has 1 aromatic carbocycles. The van der Waals surface area contributed by atoms with Crippen LogP contribution < -0.4 is 10.3 Å². The molecule has 0 aliphatic heterocycles. The Morgan fingerprint density at radius 3 is 2.78 bits per heavy atom. The number of hydrogen-bond donors (Lipinski definition) is 1. The van der Waals surface area contributed by atoms with Crippen LogP contribution in [0.2, 0.25) is 0 Å². The SMILES string of the molecule is CC(=O)Oc1c(O)cccc1-n1ccc(=O)nc1. The molecule has 92 valence electrons. The molecule has 0 fully saturated rings. The quantitative estimate of drug-likeness (QED) is 0.628. The van der Waals surface area contributed by atoms with E-state index >= 15 is 0 Å². The minimum absolute atomic E-state index is 0.0236. The Morgan fingerprint density at radius 1 is 1.39 bits per heavy atom. The Labute approximate surface area is 102 Å². The van der Waals surface area contributed by atoms with E-state index in [-0.39, 0.29) is 17.1 Å². The summed E-state index contributed by atoms with van der Waals surface area (Å²) in [4.78, 5) is 25.5. The summed E-state index contributed by atoms with van der Waals surface area (Å²) < 4.78 is 6.42. The lowest BCUT2D eigenvalue weighted by molar-refractivity contribution is -0.132. The molecule has 0 unspecified atom stereocenters. The van der Waals surface area contributed by atoms with Crippen LogP contribution in [0.15, 0.2) is 41.6 Å². The summed E-state index contributed by atoms with van der Waals surface area (Å²) in [7, 11) is 0. The number of para-hydroxylation sites is 1. The maximum Gasteiger partial charge on any atom is 0.308 e. The van der Waals surface area contributed by atoms with Crippen molar-refractivity contribution in [2.45, 2.75) is 6.92 Å². The molecule has 0 spiro atoms. The number of aromatic hydroxyl groups is 1. The molecule has 6 heteroatoms. The fourth-order valence-corrected chi connectivity index (χ4v) is 1.45. The van der Waals surface area contributed by atoms with Crippen molar-refractivity contribution in [2.75, 3.05) is 0 Å². The molecule has 1 N–H and O–H groups in total. The zero-order valence-corrected chi connectivity index (χ0v) is 9.53. The number of rotatable bonds is 2. The van der Waals surface area contributed by atoms with Gasteiger partial charge in [-0.2, -0.15) is 4.98 Å². The second-order valence-electron chi connectivity index (χ2n) is 3.52. The van der Waals surface area contributed by atoms with E-state index in [1.807, 2.05) is 0 Å². The van der Waals surface area contributed by atoms with Gasteiger partial charge in [0.2, 0.25) is 0 Å². The third-order valence-corrected chi connectivity index (χ3v) is 2.18. The van der Waals surface area contributed by atoms with E-state index in [0.29, 0.717) is 5.69 Å². The van der Waals surface area contributed by atoms with Crippen molar-refractivity contribution >= 4 is 5.97 Å². The van der Waals surface area contributed by atoms with Gasteiger partial charge in [0, 0.05) is 19.2 Å². The van der Waals surface area contributed by atoms with Gasteiger partial charge >= 0.3 is 5.97 Å². The zero-order chi connectivity index (χ0) is 13.1. The van der Waals surface area contributed by atoms with Crippen molar-refractivity contribution in [3.8, 4) is 17.2 Å². The number of phenolic OH excluding ortho intramolecular Hbond substituents is 1. The van der Waals surface area contributed by atoms with Crippen molar-refractivity contribution < 1.29 is 14.6 Å². The minimum atomic E-state index is -0.549. The highest BCUT2D eigenvalue weighted by Crippen LogP contribution is 2.32. The van der Waals surface area contributed by atoms with Crippen molar-refractivity contribution in [1.29, 1.82) is 0 Å². The third-order valence-electron chi connectivity index (χ3n) is 2.18. The van der Waals surface area contributed by atoms with E-state index in [1.165, 1.54) is 36.1 Å². The number of nitrogens with zero attached hydrogens (tertiary/aromatic N) is 2. The molecule has 18 heavy (non-hydrogen) atoms. The summed E-state index contributed by atoms with van der Waals surface area (Å²) in [5.74, 6) is -0.691. The first-order chi connectivity index (χ1) is 8.58. The van der Waals surface area contributed by atoms with Crippen molar-refractivity contribution in [2.24, 2.45) is 0 Å². The second kappa shape index (κ2) is 4.70. The van der Waals surface area contributed by atoms with Gasteiger partial charge in [0.05, 0.1) is 5.69 Å². The molecule has 0 amide bonds. The fraction of sp³-hybridized carbons (Fsp3) is 0.0833. The summed E-state index contributed by atoms with van der Waals surface area (Å²) in [6.07, 6.45) is 2.75. The van der Waals surface area contributed by atoms with Crippen LogP contribution in [0.1, 0.15) is 6.92 Å². The van der Waals surface area contributed by atoms with E-state index in [9.17, 15) is 14.7 Å². The lowest BCUT2D eigenvalue weighted by Crippen LogP contribution is -2.10. The first kappa shape index (κ1) is 11.8. The van der Waals surface area contributed by atoms with Crippen LogP contribution >= 0.6 is 0 Å². The highest BCUT2D eigenvalue weighted by molar-refractivity contribution is 5.72. The number of phenols is 1. The molecule has 0 atom stereocenters. The Kier molecular flexibility index (Phi) is 3.09. The van der Waals surface area contributed by atoms with Gasteiger partial charge in [-0.3, -0.25) is 9.59 Å². The van der Waals surface area contributed by atoms with Gasteiger partial charge in [-0.25, -0.2) is 0 Å². The molecular formula is C12H10N2O4. The number of carbonyl (C=O) groups is 1. The van der Waals surface area contributed by atoms with Crippen LogP contribution in [-0.2, 0) is 4.79 Å². The molecule has 1 heterocycles. The maximum atomic E-state index is 11.0. The predicted molar refractivity (Wildman–Crippen MR) is 62.8 cm³/mol. The van der Waals surface area contributed by atoms with Gasteiger partial charge in [0.15, 0.2) is 11.5 Å². The molecule has 6 nitrogen and oxygen atoms in total. The number of benzene rings is 1. The Morgan fingerprint density at radius 2 is 2.17 bits per heavy atom. The van der Waals surface area contributed by atoms with Gasteiger partial charge in [0.25, 0.3) is 5.56 Å². The lowest BCUT2D eigenvalue weighted by Gasteiger charge is -2.12. The van der Waals surface area contributed by atoms with E-state index in [2.05, 4.69) is 4.98 Å². The number of carbonyl (C=O) groups excluding carboxylic acids is 1. The summed E-state index contributed by atoms with van der Waals surface area (Å²) in [6, 6.07) is 5.89. The monoisotopic (exact) mass is 246 g/mol. The number of hydrogen-bond acceptors (Lipinski definition) is 5. The van der Waals surface area contributed by atoms with Gasteiger partial charge in [0.1, 0.15) is 6.33 Å². The van der Waals surface area contributed by atoms with Crippen LogP contribution in [0, 0.1) is 0 Å². The van der Waals surface area contributed by atoms with Crippen molar-refractivity contribution in [3.05, 3.63) is 47.1 Å². The first-order valence-electron chi connectivity index (χ1n) is 5.13. The summed E-state index contributed by atoms with van der Waals surface area (Å²) in [6.45, 7) is 1.24. The topological polar surface area (TPSA) is 81.4 Å². The largest absolute Gasteiger partial charge is 0.504 e. The highest BCUT2D eigenvalue weighted by Gasteiger charge is 2.12. The van der Waals surface area contributed by atoms with Crippen LogP contribution in [0.3, 0.4) is 0 Å². The molecular weight excluding hydrogens is 236 g/mol. The third kappa shape index (κ3) is 2.37. The van der Waals surface area contributed by atoms with Gasteiger partial charge in [-0.15, -0.1) is 0 Å². The molecule has 0 bridgehead atoms. The average Bonchev–Trinajstić information content (AvgIpc) is 2.32. The predicted octanol–water partition coefficient (Wildman–Crippen LogP) is 0.863. The number of esters is 1. The van der Waals surface area contributed by atoms with Crippen molar-refractivity contribution in [3.63, 3.8) is 0 Å². The normalized spacial score (nSPS) is 10.1. The summed E-state index contributed by atoms with van der Waals surface area (Å²) in [5.41, 5.74) is 0.0399. The standard InChI is InChI=1S/C12H10N2O4/c1-8(15)18-12-9(3-2-4-10(12)16)14-6-5-11(17)13-7-14/h2-7,16H,1H3. The highest BCUT2D eigenvalue weighted by atomic mass is 16.5. The lowest BCUT2D eigenvalue weighted by atomic mass is 10.2. The molecule has 0 aliphatic rings. The average molecular weight is 246 g/mol. The Hall–Kier alpha value is -2.63. The first-order valence-corrected chi connectivity index (χ1v) is 5.13. The van der Waals surface area contributed by atoms with E-state index in [1.54, 1.807) is 12.1 Å². The molecule has 0 aliphatic carbocycles. The second-order valence-corrected chi connectivity index (χ2v) is 3.52. The van der Waals surface area contributed by atoms with Crippen LogP contribution in [-0.4, -0.2) is 20.6 Å². The van der Waals surface area contributed by atoms with Gasteiger partial charge in [-0.1, -0.05) is 6.07 Å². The van der Waals surface area contributed by atoms with Crippen LogP contribution in [0.4, 0.5) is 0 Å². The fourth-order valence-electron chi connectivity index (χ4n) is 1.45. The molecule has 1 aromatic heterocycles.